The monoisotopic (exact) mass is 608 g/mol. The van der Waals surface area contributed by atoms with Crippen LogP contribution in [0.5, 0.6) is 5.75 Å². The van der Waals surface area contributed by atoms with Gasteiger partial charge in [-0.3, -0.25) is 4.79 Å². The Morgan fingerprint density at radius 1 is 1.09 bits per heavy atom. The molecule has 0 bridgehead atoms. The molecular weight excluding hydrogens is 568 g/mol. The predicted octanol–water partition coefficient (Wildman–Crippen LogP) is 0.352. The number of fused-ring (bicyclic) bond motifs is 1. The van der Waals surface area contributed by atoms with Crippen molar-refractivity contribution >= 4 is 18.0 Å². The lowest BCUT2D eigenvalue weighted by Crippen LogP contribution is -2.55. The number of aliphatic hydroxyl groups is 5. The first-order chi connectivity index (χ1) is 20.4. The molecule has 4 rings (SSSR count). The molecule has 2 aliphatic heterocycles. The first kappa shape index (κ1) is 32.9. The number of esters is 2. The number of aliphatic hydroxyl groups excluding tert-OH is 4. The van der Waals surface area contributed by atoms with Crippen molar-refractivity contribution in [3.8, 4) is 5.75 Å². The Hall–Kier alpha value is -3.04. The number of hydrogen-bond acceptors (Lipinski definition) is 13. The van der Waals surface area contributed by atoms with Gasteiger partial charge in [0, 0.05) is 24.8 Å². The van der Waals surface area contributed by atoms with Crippen molar-refractivity contribution in [3.63, 3.8) is 0 Å². The minimum absolute atomic E-state index is 0.00721. The van der Waals surface area contributed by atoms with E-state index in [0.717, 1.165) is 6.08 Å². The summed E-state index contributed by atoms with van der Waals surface area (Å²) in [5.74, 6) is -3.06. The standard InChI is InChI=1S/C30H40O13/c1-16(2)9-25(36)43-28-26-21(18(13-39-28)14-40-29-27(37)22(34)10-20(12-31)41-29)11-23(30(26,38)15-32)42-24(35)8-5-17-3-6-19(33)7-4-17/h3-8,13,16,20-23,26-29,31-34,37-38H,9-12,14-15H2,1-2H3/b8-5+/t20-,21+,22-,23-,26+,27+,28-,29+,30+/m0/s1. The van der Waals surface area contributed by atoms with E-state index in [1.165, 1.54) is 24.5 Å². The number of hydrogen-bond donors (Lipinski definition) is 6. The molecule has 1 aromatic rings. The van der Waals surface area contributed by atoms with Crippen LogP contribution in [0.1, 0.15) is 38.7 Å². The zero-order valence-electron chi connectivity index (χ0n) is 24.0. The molecule has 13 nitrogen and oxygen atoms in total. The third-order valence-corrected chi connectivity index (χ3v) is 7.92. The van der Waals surface area contributed by atoms with Crippen molar-refractivity contribution in [1.29, 1.82) is 0 Å². The van der Waals surface area contributed by atoms with E-state index in [4.69, 9.17) is 23.7 Å². The van der Waals surface area contributed by atoms with Crippen LogP contribution < -0.4 is 0 Å². The number of phenols is 1. The summed E-state index contributed by atoms with van der Waals surface area (Å²) in [5, 5.41) is 61.5. The van der Waals surface area contributed by atoms with Gasteiger partial charge in [-0.2, -0.15) is 0 Å². The zero-order chi connectivity index (χ0) is 31.3. The van der Waals surface area contributed by atoms with Crippen LogP contribution in [0.3, 0.4) is 0 Å². The average Bonchev–Trinajstić information content (AvgIpc) is 3.26. The molecule has 1 saturated carbocycles. The number of aromatic hydroxyl groups is 1. The Kier molecular flexibility index (Phi) is 10.8. The van der Waals surface area contributed by atoms with E-state index in [-0.39, 0.29) is 44.1 Å². The molecule has 43 heavy (non-hydrogen) atoms. The van der Waals surface area contributed by atoms with E-state index >= 15 is 0 Å². The van der Waals surface area contributed by atoms with E-state index in [9.17, 15) is 40.2 Å². The molecule has 6 N–H and O–H groups in total. The summed E-state index contributed by atoms with van der Waals surface area (Å²) in [6, 6.07) is 6.09. The summed E-state index contributed by atoms with van der Waals surface area (Å²) >= 11 is 0. The highest BCUT2D eigenvalue weighted by Crippen LogP contribution is 2.50. The minimum atomic E-state index is -2.08. The Labute approximate surface area is 248 Å². The third kappa shape index (κ3) is 7.73. The summed E-state index contributed by atoms with van der Waals surface area (Å²) < 4.78 is 28.2. The van der Waals surface area contributed by atoms with Crippen molar-refractivity contribution in [2.75, 3.05) is 19.8 Å². The van der Waals surface area contributed by atoms with Gasteiger partial charge in [0.2, 0.25) is 6.29 Å². The normalized spacial score (nSPS) is 34.0. The molecular formula is C30H40O13. The van der Waals surface area contributed by atoms with Crippen molar-refractivity contribution in [1.82, 2.24) is 0 Å². The molecule has 2 fully saturated rings. The van der Waals surface area contributed by atoms with Gasteiger partial charge in [-0.1, -0.05) is 26.0 Å². The molecule has 0 unspecified atom stereocenters. The molecule has 9 atom stereocenters. The van der Waals surface area contributed by atoms with E-state index in [1.807, 2.05) is 13.8 Å². The molecule has 1 aromatic carbocycles. The van der Waals surface area contributed by atoms with Gasteiger partial charge in [0.25, 0.3) is 0 Å². The third-order valence-electron chi connectivity index (χ3n) is 7.92. The fraction of sp³-hybridized carbons (Fsp3) is 0.600. The second-order valence-corrected chi connectivity index (χ2v) is 11.6. The first-order valence-electron chi connectivity index (χ1n) is 14.2. The van der Waals surface area contributed by atoms with Crippen LogP contribution in [0.25, 0.3) is 6.08 Å². The van der Waals surface area contributed by atoms with Gasteiger partial charge in [0.1, 0.15) is 23.6 Å². The van der Waals surface area contributed by atoms with E-state index < -0.39 is 73.0 Å². The molecule has 1 aliphatic carbocycles. The van der Waals surface area contributed by atoms with Crippen LogP contribution in [0.15, 0.2) is 42.2 Å². The topological polar surface area (TPSA) is 202 Å². The van der Waals surface area contributed by atoms with Gasteiger partial charge >= 0.3 is 11.9 Å². The zero-order valence-corrected chi connectivity index (χ0v) is 24.0. The van der Waals surface area contributed by atoms with Gasteiger partial charge in [-0.15, -0.1) is 0 Å². The molecule has 238 valence electrons. The minimum Gasteiger partial charge on any atom is -0.508 e. The molecule has 0 spiro atoms. The van der Waals surface area contributed by atoms with Gasteiger partial charge in [-0.25, -0.2) is 4.79 Å². The van der Waals surface area contributed by atoms with Gasteiger partial charge < -0.3 is 54.3 Å². The summed E-state index contributed by atoms with van der Waals surface area (Å²) in [6.45, 7) is 2.22. The summed E-state index contributed by atoms with van der Waals surface area (Å²) in [4.78, 5) is 25.3. The summed E-state index contributed by atoms with van der Waals surface area (Å²) in [6.07, 6.45) is -3.13. The lowest BCUT2D eigenvalue weighted by atomic mass is 9.80. The number of carbonyl (C=O) groups is 2. The average molecular weight is 609 g/mol. The van der Waals surface area contributed by atoms with Crippen LogP contribution >= 0.6 is 0 Å². The van der Waals surface area contributed by atoms with E-state index in [0.29, 0.717) is 11.1 Å². The summed E-state index contributed by atoms with van der Waals surface area (Å²) in [5.41, 5.74) is -1.03. The maximum Gasteiger partial charge on any atom is 0.331 e. The highest BCUT2D eigenvalue weighted by molar-refractivity contribution is 5.87. The maximum atomic E-state index is 12.8. The number of ether oxygens (including phenoxy) is 5. The molecule has 2 heterocycles. The molecule has 0 radical (unpaired) electrons. The lowest BCUT2D eigenvalue weighted by molar-refractivity contribution is -0.269. The Bertz CT molecular complexity index is 1170. The van der Waals surface area contributed by atoms with Crippen molar-refractivity contribution in [3.05, 3.63) is 47.7 Å². The number of phenolic OH excluding ortho intramolecular Hbond substituents is 1. The number of benzene rings is 1. The van der Waals surface area contributed by atoms with Crippen molar-refractivity contribution < 1.29 is 63.9 Å². The van der Waals surface area contributed by atoms with Gasteiger partial charge in [0.15, 0.2) is 6.29 Å². The fourth-order valence-corrected chi connectivity index (χ4v) is 5.67. The quantitative estimate of drug-likeness (QED) is 0.149. The number of carbonyl (C=O) groups excluding carboxylic acids is 2. The van der Waals surface area contributed by atoms with Crippen molar-refractivity contribution in [2.45, 2.75) is 75.7 Å². The van der Waals surface area contributed by atoms with E-state index in [2.05, 4.69) is 0 Å². The molecule has 13 heteroatoms. The van der Waals surface area contributed by atoms with Crippen LogP contribution in [0.2, 0.25) is 0 Å². The van der Waals surface area contributed by atoms with Gasteiger partial charge in [0.05, 0.1) is 44.2 Å². The Morgan fingerprint density at radius 2 is 1.81 bits per heavy atom. The Morgan fingerprint density at radius 3 is 2.47 bits per heavy atom. The molecule has 0 aromatic heterocycles. The summed E-state index contributed by atoms with van der Waals surface area (Å²) in [7, 11) is 0. The second kappa shape index (κ2) is 14.2. The smallest absolute Gasteiger partial charge is 0.331 e. The second-order valence-electron chi connectivity index (χ2n) is 11.6. The SMILES string of the molecule is CC(C)CC(=O)O[C@@H]1OC=C(CO[C@@H]2O[C@H](CO)C[C@H](O)[C@H]2O)[C@H]2C[C@H](OC(=O)/C=C/c3ccc(O)cc3)[C@](O)(CO)[C@@H]12. The largest absolute Gasteiger partial charge is 0.508 e. The van der Waals surface area contributed by atoms with Crippen LogP contribution in [-0.2, 0) is 33.3 Å². The van der Waals surface area contributed by atoms with Crippen molar-refractivity contribution in [2.24, 2.45) is 17.8 Å². The fourth-order valence-electron chi connectivity index (χ4n) is 5.67. The first-order valence-corrected chi connectivity index (χ1v) is 14.2. The molecule has 3 aliphatic rings. The van der Waals surface area contributed by atoms with Crippen LogP contribution in [0.4, 0.5) is 0 Å². The lowest BCUT2D eigenvalue weighted by Gasteiger charge is -2.40. The van der Waals surface area contributed by atoms with Gasteiger partial charge in [-0.05, 0) is 41.7 Å². The highest BCUT2D eigenvalue weighted by atomic mass is 16.7. The molecule has 1 saturated heterocycles. The maximum absolute atomic E-state index is 12.8. The highest BCUT2D eigenvalue weighted by Gasteiger charge is 2.62. The van der Waals surface area contributed by atoms with E-state index in [1.54, 1.807) is 12.1 Å². The molecule has 0 amide bonds. The number of rotatable bonds is 11. The van der Waals surface area contributed by atoms with Crippen LogP contribution in [-0.4, -0.2) is 105 Å². The Balaban J connectivity index is 1.54. The van der Waals surface area contributed by atoms with Crippen LogP contribution in [0, 0.1) is 17.8 Å². The predicted molar refractivity (Wildman–Crippen MR) is 147 cm³/mol.